The number of nitrogens with zero attached hydrogens (tertiary/aromatic N) is 2. The Morgan fingerprint density at radius 1 is 1.33 bits per heavy atom. The summed E-state index contributed by atoms with van der Waals surface area (Å²) in [7, 11) is 0. The van der Waals surface area contributed by atoms with Gasteiger partial charge in [-0.1, -0.05) is 30.3 Å². The van der Waals surface area contributed by atoms with E-state index >= 15 is 0 Å². The van der Waals surface area contributed by atoms with Crippen LogP contribution in [0.15, 0.2) is 30.3 Å². The van der Waals surface area contributed by atoms with Gasteiger partial charge in [-0.25, -0.2) is 0 Å². The SMILES string of the molecule is N#CCCC1(C(=O)c2ccccc2)CCC(=N)C(C#N)C1. The second-order valence-electron chi connectivity index (χ2n) is 5.54. The molecule has 1 saturated carbocycles. The molecule has 0 bridgehead atoms. The second kappa shape index (κ2) is 6.33. The molecule has 1 fully saturated rings. The summed E-state index contributed by atoms with van der Waals surface area (Å²) in [5.74, 6) is -0.504. The zero-order chi connectivity index (χ0) is 15.3. The summed E-state index contributed by atoms with van der Waals surface area (Å²) in [5, 5.41) is 25.9. The molecule has 1 aromatic rings. The average Bonchev–Trinajstić information content (AvgIpc) is 2.54. The van der Waals surface area contributed by atoms with Crippen molar-refractivity contribution in [1.82, 2.24) is 0 Å². The van der Waals surface area contributed by atoms with Crippen molar-refractivity contribution in [3.05, 3.63) is 35.9 Å². The standard InChI is InChI=1S/C17H17N3O/c18-10-4-8-17(9-7-15(20)14(11-17)12-19)16(21)13-5-2-1-3-6-13/h1-3,5-6,14,20H,4,7-9,11H2. The molecule has 0 radical (unpaired) electrons. The van der Waals surface area contributed by atoms with Crippen LogP contribution in [0.5, 0.6) is 0 Å². The molecule has 2 rings (SSSR count). The molecule has 0 amide bonds. The van der Waals surface area contributed by atoms with E-state index in [0.717, 1.165) is 0 Å². The van der Waals surface area contributed by atoms with Crippen LogP contribution in [-0.2, 0) is 0 Å². The fourth-order valence-corrected chi connectivity index (χ4v) is 3.03. The first kappa shape index (κ1) is 14.9. The van der Waals surface area contributed by atoms with Crippen molar-refractivity contribution in [2.45, 2.75) is 32.1 Å². The highest BCUT2D eigenvalue weighted by Gasteiger charge is 2.44. The molecule has 1 aromatic carbocycles. The molecule has 0 aromatic heterocycles. The number of hydrogen-bond acceptors (Lipinski definition) is 4. The number of benzene rings is 1. The van der Waals surface area contributed by atoms with Crippen molar-refractivity contribution in [3.8, 4) is 12.1 Å². The van der Waals surface area contributed by atoms with Crippen molar-refractivity contribution in [2.75, 3.05) is 0 Å². The largest absolute Gasteiger partial charge is 0.308 e. The Bertz CT molecular complexity index is 624. The highest BCUT2D eigenvalue weighted by atomic mass is 16.1. The van der Waals surface area contributed by atoms with Gasteiger partial charge in [0.2, 0.25) is 0 Å². The van der Waals surface area contributed by atoms with Gasteiger partial charge in [-0.15, -0.1) is 0 Å². The number of carbonyl (C=O) groups is 1. The Morgan fingerprint density at radius 3 is 2.67 bits per heavy atom. The molecule has 4 heteroatoms. The predicted octanol–water partition coefficient (Wildman–Crippen LogP) is 3.50. The number of ketones is 1. The maximum Gasteiger partial charge on any atom is 0.169 e. The summed E-state index contributed by atoms with van der Waals surface area (Å²) >= 11 is 0. The Labute approximate surface area is 124 Å². The molecule has 0 spiro atoms. The van der Waals surface area contributed by atoms with Crippen molar-refractivity contribution < 1.29 is 4.79 Å². The van der Waals surface area contributed by atoms with E-state index in [9.17, 15) is 10.1 Å². The molecular weight excluding hydrogens is 262 g/mol. The summed E-state index contributed by atoms with van der Waals surface area (Å²) in [6.07, 6.45) is 2.13. The monoisotopic (exact) mass is 279 g/mol. The number of rotatable bonds is 4. The smallest absolute Gasteiger partial charge is 0.169 e. The van der Waals surface area contributed by atoms with Crippen molar-refractivity contribution in [2.24, 2.45) is 11.3 Å². The van der Waals surface area contributed by atoms with Crippen LogP contribution >= 0.6 is 0 Å². The lowest BCUT2D eigenvalue weighted by molar-refractivity contribution is 0.0719. The lowest BCUT2D eigenvalue weighted by atomic mass is 9.63. The zero-order valence-corrected chi connectivity index (χ0v) is 11.8. The molecule has 106 valence electrons. The third-order valence-electron chi connectivity index (χ3n) is 4.28. The summed E-state index contributed by atoms with van der Waals surface area (Å²) in [6.45, 7) is 0. The Kier molecular flexibility index (Phi) is 4.50. The van der Waals surface area contributed by atoms with Crippen LogP contribution in [0.3, 0.4) is 0 Å². The minimum Gasteiger partial charge on any atom is -0.308 e. The number of Topliss-reactive ketones (excluding diaryl/α,β-unsaturated/α-hetero) is 1. The highest BCUT2D eigenvalue weighted by Crippen LogP contribution is 2.44. The maximum atomic E-state index is 12.9. The van der Waals surface area contributed by atoms with Crippen LogP contribution in [0, 0.1) is 39.4 Å². The molecule has 2 unspecified atom stereocenters. The van der Waals surface area contributed by atoms with Gasteiger partial charge in [-0.05, 0) is 25.7 Å². The summed E-state index contributed by atoms with van der Waals surface area (Å²) in [4.78, 5) is 12.9. The first-order valence-electron chi connectivity index (χ1n) is 7.07. The van der Waals surface area contributed by atoms with E-state index in [1.807, 2.05) is 18.2 Å². The fraction of sp³-hybridized carbons (Fsp3) is 0.412. The number of nitriles is 2. The van der Waals surface area contributed by atoms with Gasteiger partial charge in [0.15, 0.2) is 5.78 Å². The van der Waals surface area contributed by atoms with E-state index in [-0.39, 0.29) is 5.78 Å². The van der Waals surface area contributed by atoms with Gasteiger partial charge >= 0.3 is 0 Å². The molecule has 21 heavy (non-hydrogen) atoms. The van der Waals surface area contributed by atoms with Gasteiger partial charge in [0.1, 0.15) is 0 Å². The van der Waals surface area contributed by atoms with Crippen LogP contribution in [-0.4, -0.2) is 11.5 Å². The van der Waals surface area contributed by atoms with Crippen LogP contribution < -0.4 is 0 Å². The molecule has 0 heterocycles. The highest BCUT2D eigenvalue weighted by molar-refractivity contribution is 6.02. The number of hydrogen-bond donors (Lipinski definition) is 1. The van der Waals surface area contributed by atoms with Gasteiger partial charge < -0.3 is 5.41 Å². The molecule has 0 aliphatic heterocycles. The number of nitrogens with one attached hydrogen (secondary N) is 1. The average molecular weight is 279 g/mol. The van der Waals surface area contributed by atoms with Crippen LogP contribution in [0.2, 0.25) is 0 Å². The summed E-state index contributed by atoms with van der Waals surface area (Å²) < 4.78 is 0. The van der Waals surface area contributed by atoms with Gasteiger partial charge in [0, 0.05) is 23.1 Å². The number of carbonyl (C=O) groups excluding carboxylic acids is 1. The molecular formula is C17H17N3O. The first-order valence-corrected chi connectivity index (χ1v) is 7.07. The minimum absolute atomic E-state index is 0.00565. The predicted molar refractivity (Wildman–Crippen MR) is 78.7 cm³/mol. The zero-order valence-electron chi connectivity index (χ0n) is 11.8. The normalized spacial score (nSPS) is 24.9. The van der Waals surface area contributed by atoms with E-state index in [0.29, 0.717) is 43.4 Å². The quantitative estimate of drug-likeness (QED) is 0.855. The van der Waals surface area contributed by atoms with Crippen LogP contribution in [0.4, 0.5) is 0 Å². The van der Waals surface area contributed by atoms with Gasteiger partial charge in [0.25, 0.3) is 0 Å². The topological polar surface area (TPSA) is 88.5 Å². The molecule has 1 N–H and O–H groups in total. The maximum absolute atomic E-state index is 12.9. The third kappa shape index (κ3) is 3.01. The second-order valence-corrected chi connectivity index (χ2v) is 5.54. The van der Waals surface area contributed by atoms with Crippen LogP contribution in [0.25, 0.3) is 0 Å². The van der Waals surface area contributed by atoms with E-state index in [1.54, 1.807) is 12.1 Å². The Balaban J connectivity index is 2.34. The molecule has 0 saturated heterocycles. The molecule has 4 nitrogen and oxygen atoms in total. The Hall–Kier alpha value is -2.46. The van der Waals surface area contributed by atoms with E-state index in [2.05, 4.69) is 12.1 Å². The summed E-state index contributed by atoms with van der Waals surface area (Å²) in [6, 6.07) is 13.3. The van der Waals surface area contributed by atoms with Crippen molar-refractivity contribution in [3.63, 3.8) is 0 Å². The first-order chi connectivity index (χ1) is 10.1. The van der Waals surface area contributed by atoms with Gasteiger partial charge in [-0.3, -0.25) is 4.79 Å². The van der Waals surface area contributed by atoms with Crippen LogP contribution in [0.1, 0.15) is 42.5 Å². The summed E-state index contributed by atoms with van der Waals surface area (Å²) in [5.41, 5.74) is 0.355. The molecule has 2 atom stereocenters. The van der Waals surface area contributed by atoms with E-state index in [4.69, 9.17) is 10.7 Å². The lowest BCUT2D eigenvalue weighted by Crippen LogP contribution is -2.39. The minimum atomic E-state index is -0.679. The van der Waals surface area contributed by atoms with E-state index in [1.165, 1.54) is 0 Å². The molecule has 1 aliphatic carbocycles. The lowest BCUT2D eigenvalue weighted by Gasteiger charge is -2.37. The fourth-order valence-electron chi connectivity index (χ4n) is 3.03. The van der Waals surface area contributed by atoms with Gasteiger partial charge in [0.05, 0.1) is 18.1 Å². The van der Waals surface area contributed by atoms with Crippen molar-refractivity contribution >= 4 is 11.5 Å². The Morgan fingerprint density at radius 2 is 2.05 bits per heavy atom. The third-order valence-corrected chi connectivity index (χ3v) is 4.28. The molecule has 1 aliphatic rings. The van der Waals surface area contributed by atoms with E-state index < -0.39 is 11.3 Å². The van der Waals surface area contributed by atoms with Gasteiger partial charge in [-0.2, -0.15) is 10.5 Å². The van der Waals surface area contributed by atoms with Crippen molar-refractivity contribution in [1.29, 1.82) is 15.9 Å².